The summed E-state index contributed by atoms with van der Waals surface area (Å²) in [4.78, 5) is 11.1. The van der Waals surface area contributed by atoms with Crippen LogP contribution < -0.4 is 16.2 Å². The van der Waals surface area contributed by atoms with E-state index >= 15 is 0 Å². The van der Waals surface area contributed by atoms with Gasteiger partial charge in [0.25, 0.3) is 5.91 Å². The summed E-state index contributed by atoms with van der Waals surface area (Å²) in [5, 5.41) is 0. The number of amides is 1. The summed E-state index contributed by atoms with van der Waals surface area (Å²) < 4.78 is 5.42. The molecule has 0 heterocycles. The number of carbonyl (C=O) groups is 1. The quantitative estimate of drug-likeness (QED) is 0.582. The molecular formula is C10H14N2O2S. The van der Waals surface area contributed by atoms with Crippen LogP contribution in [0.4, 0.5) is 5.69 Å². The number of ether oxygens (including phenoxy) is 1. The Labute approximate surface area is 93.0 Å². The molecule has 0 spiro atoms. The highest BCUT2D eigenvalue weighted by molar-refractivity contribution is 7.98. The molecule has 0 aromatic heterocycles. The topological polar surface area (TPSA) is 78.3 Å². The lowest BCUT2D eigenvalue weighted by Crippen LogP contribution is -2.14. The van der Waals surface area contributed by atoms with E-state index in [9.17, 15) is 4.79 Å². The predicted octanol–water partition coefficient (Wildman–Crippen LogP) is 1.11. The van der Waals surface area contributed by atoms with Crippen molar-refractivity contribution < 1.29 is 9.53 Å². The van der Waals surface area contributed by atoms with Crippen molar-refractivity contribution in [2.75, 3.05) is 24.3 Å². The summed E-state index contributed by atoms with van der Waals surface area (Å²) in [6.45, 7) is 0.533. The van der Waals surface area contributed by atoms with Crippen molar-refractivity contribution in [2.45, 2.75) is 0 Å². The minimum absolute atomic E-state index is 0.366. The highest BCUT2D eigenvalue weighted by Gasteiger charge is 2.09. The molecule has 1 aromatic rings. The van der Waals surface area contributed by atoms with Crippen molar-refractivity contribution in [3.8, 4) is 5.75 Å². The summed E-state index contributed by atoms with van der Waals surface area (Å²) in [5.41, 5.74) is 11.7. The zero-order valence-corrected chi connectivity index (χ0v) is 9.34. The highest BCUT2D eigenvalue weighted by Crippen LogP contribution is 2.21. The van der Waals surface area contributed by atoms with E-state index in [0.29, 0.717) is 23.6 Å². The van der Waals surface area contributed by atoms with Crippen LogP contribution >= 0.6 is 11.8 Å². The number of nitrogens with two attached hydrogens (primary N) is 2. The van der Waals surface area contributed by atoms with Gasteiger partial charge >= 0.3 is 0 Å². The van der Waals surface area contributed by atoms with E-state index < -0.39 is 5.91 Å². The maximum absolute atomic E-state index is 11.1. The Morgan fingerprint density at radius 3 is 2.87 bits per heavy atom. The van der Waals surface area contributed by atoms with E-state index in [4.69, 9.17) is 16.2 Å². The average molecular weight is 226 g/mol. The molecular weight excluding hydrogens is 212 g/mol. The molecule has 0 saturated heterocycles. The first-order valence-corrected chi connectivity index (χ1v) is 5.85. The summed E-state index contributed by atoms with van der Waals surface area (Å²) in [6, 6.07) is 4.81. The van der Waals surface area contributed by atoms with Crippen molar-refractivity contribution >= 4 is 23.4 Å². The number of carbonyl (C=O) groups excluding carboxylic acids is 1. The summed E-state index contributed by atoms with van der Waals surface area (Å²) >= 11 is 1.67. The number of thioether (sulfide) groups is 1. The van der Waals surface area contributed by atoms with Crippen LogP contribution in [0.3, 0.4) is 0 Å². The molecule has 0 aliphatic heterocycles. The molecule has 15 heavy (non-hydrogen) atoms. The van der Waals surface area contributed by atoms with E-state index in [1.54, 1.807) is 30.0 Å². The van der Waals surface area contributed by atoms with E-state index in [-0.39, 0.29) is 0 Å². The maximum atomic E-state index is 11.1. The van der Waals surface area contributed by atoms with Gasteiger partial charge < -0.3 is 16.2 Å². The summed E-state index contributed by atoms with van der Waals surface area (Å²) in [6.07, 6.45) is 1.98. The third kappa shape index (κ3) is 3.36. The zero-order valence-electron chi connectivity index (χ0n) is 8.53. The number of rotatable bonds is 5. The molecule has 0 bridgehead atoms. The fraction of sp³-hybridized carbons (Fsp3) is 0.300. The smallest absolute Gasteiger partial charge is 0.252 e. The Bertz CT molecular complexity index is 355. The van der Waals surface area contributed by atoms with Crippen molar-refractivity contribution in [2.24, 2.45) is 5.73 Å². The van der Waals surface area contributed by atoms with Gasteiger partial charge in [-0.1, -0.05) is 0 Å². The van der Waals surface area contributed by atoms with Gasteiger partial charge in [-0.25, -0.2) is 0 Å². The standard InChI is InChI=1S/C10H14N2O2S/c1-15-5-4-14-9-6-7(11)2-3-8(9)10(12)13/h2-3,6H,4-5,11H2,1H3,(H2,12,13). The molecule has 4 N–H and O–H groups in total. The van der Waals surface area contributed by atoms with E-state index in [0.717, 1.165) is 5.75 Å². The molecule has 0 unspecified atom stereocenters. The molecule has 0 saturated carbocycles. The molecule has 4 nitrogen and oxygen atoms in total. The molecule has 0 fully saturated rings. The normalized spacial score (nSPS) is 9.93. The number of nitrogen functional groups attached to an aromatic ring is 1. The zero-order chi connectivity index (χ0) is 11.3. The van der Waals surface area contributed by atoms with Crippen molar-refractivity contribution in [1.82, 2.24) is 0 Å². The van der Waals surface area contributed by atoms with E-state index in [2.05, 4.69) is 0 Å². The molecule has 5 heteroatoms. The van der Waals surface area contributed by atoms with Crippen LogP contribution in [0, 0.1) is 0 Å². The summed E-state index contributed by atoms with van der Waals surface area (Å²) in [5.74, 6) is 0.804. The molecule has 0 radical (unpaired) electrons. The largest absolute Gasteiger partial charge is 0.492 e. The van der Waals surface area contributed by atoms with Crippen LogP contribution in [0.2, 0.25) is 0 Å². The predicted molar refractivity (Wildman–Crippen MR) is 63.2 cm³/mol. The van der Waals surface area contributed by atoms with Gasteiger partial charge in [0.05, 0.1) is 12.2 Å². The lowest BCUT2D eigenvalue weighted by molar-refractivity contribution is 0.0997. The van der Waals surface area contributed by atoms with Crippen LogP contribution in [0.15, 0.2) is 18.2 Å². The average Bonchev–Trinajstić information content (AvgIpc) is 2.18. The van der Waals surface area contributed by atoms with E-state index in [1.807, 2.05) is 6.26 Å². The summed E-state index contributed by atoms with van der Waals surface area (Å²) in [7, 11) is 0. The third-order valence-electron chi connectivity index (χ3n) is 1.82. The van der Waals surface area contributed by atoms with Gasteiger partial charge in [-0.3, -0.25) is 4.79 Å². The Morgan fingerprint density at radius 1 is 1.53 bits per heavy atom. The van der Waals surface area contributed by atoms with Crippen LogP contribution in [0.5, 0.6) is 5.75 Å². The Kier molecular flexibility index (Phi) is 4.30. The number of benzene rings is 1. The second-order valence-corrected chi connectivity index (χ2v) is 3.95. The Balaban J connectivity index is 2.82. The van der Waals surface area contributed by atoms with Crippen molar-refractivity contribution in [3.63, 3.8) is 0 Å². The first-order valence-electron chi connectivity index (χ1n) is 4.46. The Hall–Kier alpha value is -1.36. The fourth-order valence-electron chi connectivity index (χ4n) is 1.10. The second-order valence-electron chi connectivity index (χ2n) is 2.96. The SMILES string of the molecule is CSCCOc1cc(N)ccc1C(N)=O. The van der Waals surface area contributed by atoms with Crippen molar-refractivity contribution in [3.05, 3.63) is 23.8 Å². The molecule has 1 aromatic carbocycles. The molecule has 1 rings (SSSR count). The lowest BCUT2D eigenvalue weighted by atomic mass is 10.2. The van der Waals surface area contributed by atoms with Gasteiger partial charge in [-0.05, 0) is 18.4 Å². The minimum Gasteiger partial charge on any atom is -0.492 e. The van der Waals surface area contributed by atoms with Crippen LogP contribution in [0.1, 0.15) is 10.4 Å². The van der Waals surface area contributed by atoms with Gasteiger partial charge in [0, 0.05) is 17.5 Å². The van der Waals surface area contributed by atoms with Gasteiger partial charge in [-0.2, -0.15) is 11.8 Å². The van der Waals surface area contributed by atoms with Gasteiger partial charge in [0.2, 0.25) is 0 Å². The lowest BCUT2D eigenvalue weighted by Gasteiger charge is -2.09. The number of hydrogen-bond acceptors (Lipinski definition) is 4. The highest BCUT2D eigenvalue weighted by atomic mass is 32.2. The number of primary amides is 1. The number of hydrogen-bond donors (Lipinski definition) is 2. The maximum Gasteiger partial charge on any atom is 0.252 e. The van der Waals surface area contributed by atoms with Crippen molar-refractivity contribution in [1.29, 1.82) is 0 Å². The van der Waals surface area contributed by atoms with Gasteiger partial charge in [0.15, 0.2) is 0 Å². The molecule has 0 aliphatic carbocycles. The van der Waals surface area contributed by atoms with Crippen LogP contribution in [-0.4, -0.2) is 24.5 Å². The first kappa shape index (κ1) is 11.7. The van der Waals surface area contributed by atoms with Gasteiger partial charge in [-0.15, -0.1) is 0 Å². The van der Waals surface area contributed by atoms with Crippen LogP contribution in [-0.2, 0) is 0 Å². The van der Waals surface area contributed by atoms with E-state index in [1.165, 1.54) is 0 Å². The van der Waals surface area contributed by atoms with Gasteiger partial charge in [0.1, 0.15) is 5.75 Å². The minimum atomic E-state index is -0.505. The monoisotopic (exact) mass is 226 g/mol. The Morgan fingerprint density at radius 2 is 2.27 bits per heavy atom. The first-order chi connectivity index (χ1) is 7.15. The molecule has 1 amide bonds. The molecule has 0 aliphatic rings. The fourth-order valence-corrected chi connectivity index (χ4v) is 1.35. The third-order valence-corrected chi connectivity index (χ3v) is 2.39. The number of anilines is 1. The molecule has 82 valence electrons. The van der Waals surface area contributed by atoms with Crippen LogP contribution in [0.25, 0.3) is 0 Å². The molecule has 0 atom stereocenters. The second kappa shape index (κ2) is 5.50.